The lowest BCUT2D eigenvalue weighted by Gasteiger charge is -2.35. The summed E-state index contributed by atoms with van der Waals surface area (Å²) in [5.41, 5.74) is 1.82. The Morgan fingerprint density at radius 3 is 2.18 bits per heavy atom. The number of carbonyl (C=O) groups excluding carboxylic acids is 2. The molecule has 3 rings (SSSR count). The smallest absolute Gasteiger partial charge is 0.282 e. The third kappa shape index (κ3) is 6.63. The van der Waals surface area contributed by atoms with Crippen LogP contribution in [0.25, 0.3) is 0 Å². The van der Waals surface area contributed by atoms with E-state index < -0.39 is 10.2 Å². The zero-order valence-corrected chi connectivity index (χ0v) is 20.6. The first-order chi connectivity index (χ1) is 16.3. The van der Waals surface area contributed by atoms with E-state index in [0.717, 1.165) is 5.56 Å². The lowest BCUT2D eigenvalue weighted by atomic mass is 10.1. The average Bonchev–Trinajstić information content (AvgIpc) is 2.84. The number of piperazine rings is 1. The van der Waals surface area contributed by atoms with Crippen molar-refractivity contribution in [2.75, 3.05) is 51.1 Å². The molecule has 0 bridgehead atoms. The van der Waals surface area contributed by atoms with Crippen LogP contribution in [0, 0.1) is 0 Å². The van der Waals surface area contributed by atoms with E-state index in [1.165, 1.54) is 8.61 Å². The minimum atomic E-state index is -3.47. The molecule has 0 radical (unpaired) electrons. The highest BCUT2D eigenvalue weighted by Gasteiger charge is 2.31. The van der Waals surface area contributed by atoms with Crippen LogP contribution in [0.5, 0.6) is 0 Å². The largest absolute Gasteiger partial charge is 0.348 e. The molecule has 1 heterocycles. The number of benzene rings is 2. The highest BCUT2D eigenvalue weighted by molar-refractivity contribution is 7.86. The van der Waals surface area contributed by atoms with Crippen LogP contribution in [0.15, 0.2) is 54.6 Å². The Morgan fingerprint density at radius 1 is 0.912 bits per heavy atom. The number of nitrogens with zero attached hydrogens (tertiary/aromatic N) is 3. The van der Waals surface area contributed by atoms with E-state index in [9.17, 15) is 18.0 Å². The van der Waals surface area contributed by atoms with Crippen molar-refractivity contribution in [3.8, 4) is 0 Å². The Balaban J connectivity index is 1.53. The summed E-state index contributed by atoms with van der Waals surface area (Å²) in [7, 11) is -3.47. The van der Waals surface area contributed by atoms with Gasteiger partial charge in [-0.3, -0.25) is 14.5 Å². The summed E-state index contributed by atoms with van der Waals surface area (Å²) in [6.07, 6.45) is 0. The van der Waals surface area contributed by atoms with Gasteiger partial charge < -0.3 is 10.6 Å². The SMILES string of the molecule is CCN(CC)S(=O)(=O)N1CCN(CC(=O)Nc2ccccc2C(=O)NCc2ccccc2)CC1. The Labute approximate surface area is 201 Å². The Bertz CT molecular complexity index is 1070. The zero-order chi connectivity index (χ0) is 24.6. The van der Waals surface area contributed by atoms with Gasteiger partial charge in [-0.15, -0.1) is 0 Å². The molecule has 184 valence electrons. The van der Waals surface area contributed by atoms with Gasteiger partial charge in [-0.1, -0.05) is 56.3 Å². The molecule has 2 amide bonds. The van der Waals surface area contributed by atoms with Crippen molar-refractivity contribution in [1.29, 1.82) is 0 Å². The normalized spacial score (nSPS) is 15.3. The molecule has 1 aliphatic heterocycles. The molecule has 2 aromatic rings. The molecule has 1 saturated heterocycles. The molecule has 9 nitrogen and oxygen atoms in total. The second kappa shape index (κ2) is 12.1. The fourth-order valence-corrected chi connectivity index (χ4v) is 5.49. The average molecular weight is 488 g/mol. The minimum Gasteiger partial charge on any atom is -0.348 e. The van der Waals surface area contributed by atoms with E-state index >= 15 is 0 Å². The van der Waals surface area contributed by atoms with E-state index in [2.05, 4.69) is 10.6 Å². The van der Waals surface area contributed by atoms with Gasteiger partial charge in [0.2, 0.25) is 5.91 Å². The first kappa shape index (κ1) is 25.8. The van der Waals surface area contributed by atoms with E-state index in [-0.39, 0.29) is 18.4 Å². The molecule has 0 aromatic heterocycles. The first-order valence-electron chi connectivity index (χ1n) is 11.5. The summed E-state index contributed by atoms with van der Waals surface area (Å²) < 4.78 is 28.3. The topological polar surface area (TPSA) is 102 Å². The van der Waals surface area contributed by atoms with Gasteiger partial charge in [0.1, 0.15) is 0 Å². The third-order valence-electron chi connectivity index (χ3n) is 5.80. The van der Waals surface area contributed by atoms with Crippen LogP contribution in [0.2, 0.25) is 0 Å². The van der Waals surface area contributed by atoms with Gasteiger partial charge in [0, 0.05) is 45.8 Å². The second-order valence-electron chi connectivity index (χ2n) is 8.03. The van der Waals surface area contributed by atoms with Crippen molar-refractivity contribution in [3.05, 3.63) is 65.7 Å². The predicted molar refractivity (Wildman–Crippen MR) is 133 cm³/mol. The summed E-state index contributed by atoms with van der Waals surface area (Å²) in [4.78, 5) is 27.3. The van der Waals surface area contributed by atoms with Gasteiger partial charge in [0.05, 0.1) is 17.8 Å². The number of anilines is 1. The third-order valence-corrected chi connectivity index (χ3v) is 7.98. The van der Waals surface area contributed by atoms with E-state index in [1.807, 2.05) is 49.1 Å². The molecule has 1 fully saturated rings. The Kier molecular flexibility index (Phi) is 9.17. The molecule has 0 unspecified atom stereocenters. The number of amides is 2. The van der Waals surface area contributed by atoms with Gasteiger partial charge in [0.25, 0.3) is 16.1 Å². The van der Waals surface area contributed by atoms with Crippen molar-refractivity contribution >= 4 is 27.7 Å². The van der Waals surface area contributed by atoms with Gasteiger partial charge in [0.15, 0.2) is 0 Å². The fourth-order valence-electron chi connectivity index (χ4n) is 3.89. The maximum Gasteiger partial charge on any atom is 0.282 e. The highest BCUT2D eigenvalue weighted by Crippen LogP contribution is 2.16. The van der Waals surface area contributed by atoms with Gasteiger partial charge in [-0.2, -0.15) is 17.0 Å². The first-order valence-corrected chi connectivity index (χ1v) is 12.9. The molecule has 34 heavy (non-hydrogen) atoms. The molecule has 0 spiro atoms. The summed E-state index contributed by atoms with van der Waals surface area (Å²) in [6, 6.07) is 16.5. The van der Waals surface area contributed by atoms with Gasteiger partial charge in [-0.05, 0) is 17.7 Å². The monoisotopic (exact) mass is 487 g/mol. The number of para-hydroxylation sites is 1. The van der Waals surface area contributed by atoms with E-state index in [4.69, 9.17) is 0 Å². The molecule has 2 aromatic carbocycles. The number of nitrogens with one attached hydrogen (secondary N) is 2. The summed E-state index contributed by atoms with van der Waals surface area (Å²) >= 11 is 0. The fraction of sp³-hybridized carbons (Fsp3) is 0.417. The van der Waals surface area contributed by atoms with Crippen LogP contribution in [-0.2, 0) is 21.5 Å². The molecule has 1 aliphatic rings. The second-order valence-corrected chi connectivity index (χ2v) is 9.96. The van der Waals surface area contributed by atoms with E-state index in [0.29, 0.717) is 57.1 Å². The number of hydrogen-bond donors (Lipinski definition) is 2. The maximum absolute atomic E-state index is 12.7. The van der Waals surface area contributed by atoms with E-state index in [1.54, 1.807) is 24.3 Å². The van der Waals surface area contributed by atoms with Crippen LogP contribution >= 0.6 is 0 Å². The maximum atomic E-state index is 12.7. The summed E-state index contributed by atoms with van der Waals surface area (Å²) in [5, 5.41) is 5.71. The van der Waals surface area contributed by atoms with Crippen LogP contribution in [-0.4, -0.2) is 79.6 Å². The lowest BCUT2D eigenvalue weighted by molar-refractivity contribution is -0.117. The van der Waals surface area contributed by atoms with Crippen LogP contribution < -0.4 is 10.6 Å². The van der Waals surface area contributed by atoms with Crippen LogP contribution in [0.4, 0.5) is 5.69 Å². The van der Waals surface area contributed by atoms with Crippen molar-refractivity contribution in [3.63, 3.8) is 0 Å². The molecular formula is C24H33N5O4S. The minimum absolute atomic E-state index is 0.124. The molecule has 0 aliphatic carbocycles. The molecular weight excluding hydrogens is 454 g/mol. The predicted octanol–water partition coefficient (Wildman–Crippen LogP) is 1.76. The van der Waals surface area contributed by atoms with Crippen molar-refractivity contribution < 1.29 is 18.0 Å². The zero-order valence-electron chi connectivity index (χ0n) is 19.7. The van der Waals surface area contributed by atoms with Crippen molar-refractivity contribution in [1.82, 2.24) is 18.8 Å². The number of rotatable bonds is 10. The van der Waals surface area contributed by atoms with Crippen LogP contribution in [0.3, 0.4) is 0 Å². The molecule has 0 saturated carbocycles. The Morgan fingerprint density at radius 2 is 1.53 bits per heavy atom. The molecule has 10 heteroatoms. The standard InChI is InChI=1S/C24H33N5O4S/c1-3-28(4-2)34(32,33)29-16-14-27(15-17-29)19-23(30)26-22-13-9-8-12-21(22)24(31)25-18-20-10-6-5-7-11-20/h5-13H,3-4,14-19H2,1-2H3,(H,25,31)(H,26,30). The number of carbonyl (C=O) groups is 2. The Hall–Kier alpha value is -2.79. The van der Waals surface area contributed by atoms with Crippen molar-refractivity contribution in [2.24, 2.45) is 0 Å². The molecule has 2 N–H and O–H groups in total. The highest BCUT2D eigenvalue weighted by atomic mass is 32.2. The summed E-state index contributed by atoms with van der Waals surface area (Å²) in [5.74, 6) is -0.515. The van der Waals surface area contributed by atoms with Gasteiger partial charge in [-0.25, -0.2) is 0 Å². The van der Waals surface area contributed by atoms with Crippen LogP contribution in [0.1, 0.15) is 29.8 Å². The quantitative estimate of drug-likeness (QED) is 0.532. The van der Waals surface area contributed by atoms with Gasteiger partial charge >= 0.3 is 0 Å². The number of hydrogen-bond acceptors (Lipinski definition) is 5. The molecule has 0 atom stereocenters. The summed E-state index contributed by atoms with van der Waals surface area (Å²) in [6.45, 7) is 6.62. The lowest BCUT2D eigenvalue weighted by Crippen LogP contribution is -2.54. The van der Waals surface area contributed by atoms with Crippen molar-refractivity contribution in [2.45, 2.75) is 20.4 Å².